The zero-order valence-corrected chi connectivity index (χ0v) is 13.0. The van der Waals surface area contributed by atoms with Gasteiger partial charge in [-0.1, -0.05) is 29.8 Å². The Morgan fingerprint density at radius 1 is 1.30 bits per heavy atom. The van der Waals surface area contributed by atoms with E-state index in [9.17, 15) is 5.26 Å². The fourth-order valence-electron chi connectivity index (χ4n) is 1.55. The van der Waals surface area contributed by atoms with Crippen LogP contribution >= 0.6 is 35.1 Å². The Morgan fingerprint density at radius 3 is 2.65 bits per heavy atom. The number of nitrogens with zero attached hydrogens (tertiary/aromatic N) is 3. The average Bonchev–Trinajstić information content (AvgIpc) is 2.45. The van der Waals surface area contributed by atoms with Gasteiger partial charge in [-0.2, -0.15) is 5.26 Å². The molecule has 20 heavy (non-hydrogen) atoms. The summed E-state index contributed by atoms with van der Waals surface area (Å²) in [5.74, 6) is 0.800. The van der Waals surface area contributed by atoms with Gasteiger partial charge in [0.15, 0.2) is 0 Å². The number of nitrogens with two attached hydrogens (primary N) is 1. The van der Waals surface area contributed by atoms with E-state index in [0.717, 1.165) is 5.56 Å². The van der Waals surface area contributed by atoms with Crippen LogP contribution in [0.2, 0.25) is 5.02 Å². The summed E-state index contributed by atoms with van der Waals surface area (Å²) in [5, 5.41) is 11.1. The number of hydrogen-bond acceptors (Lipinski definition) is 6. The molecule has 0 bridgehead atoms. The first-order valence-electron chi connectivity index (χ1n) is 5.63. The first-order valence-corrected chi connectivity index (χ1v) is 8.22. The topological polar surface area (TPSA) is 75.6 Å². The van der Waals surface area contributed by atoms with Crippen LogP contribution in [0.3, 0.4) is 0 Å². The lowest BCUT2D eigenvalue weighted by Gasteiger charge is -2.08. The van der Waals surface area contributed by atoms with Crippen molar-refractivity contribution in [1.29, 1.82) is 5.26 Å². The molecule has 4 nitrogen and oxygen atoms in total. The molecule has 2 rings (SSSR count). The first kappa shape index (κ1) is 15.0. The van der Waals surface area contributed by atoms with E-state index in [0.29, 0.717) is 26.4 Å². The van der Waals surface area contributed by atoms with Crippen LogP contribution in [0.5, 0.6) is 0 Å². The van der Waals surface area contributed by atoms with Gasteiger partial charge in [0.05, 0.1) is 0 Å². The van der Waals surface area contributed by atoms with Crippen molar-refractivity contribution in [3.05, 3.63) is 40.4 Å². The Morgan fingerprint density at radius 2 is 2.00 bits per heavy atom. The van der Waals surface area contributed by atoms with Gasteiger partial charge in [0.25, 0.3) is 0 Å². The number of nitriles is 1. The molecule has 0 saturated heterocycles. The number of nitrogen functional groups attached to an aromatic ring is 1. The highest BCUT2D eigenvalue weighted by atomic mass is 35.5. The molecule has 1 heterocycles. The minimum Gasteiger partial charge on any atom is -0.368 e. The molecule has 7 heteroatoms. The molecule has 102 valence electrons. The van der Waals surface area contributed by atoms with Gasteiger partial charge in [-0.05, 0) is 17.9 Å². The van der Waals surface area contributed by atoms with E-state index in [1.54, 1.807) is 0 Å². The Balaban J connectivity index is 2.28. The number of rotatable bonds is 4. The molecule has 0 amide bonds. The van der Waals surface area contributed by atoms with Crippen molar-refractivity contribution in [2.75, 3.05) is 12.0 Å². The third-order valence-corrected chi connectivity index (χ3v) is 4.56. The van der Waals surface area contributed by atoms with Gasteiger partial charge >= 0.3 is 0 Å². The van der Waals surface area contributed by atoms with E-state index in [1.807, 2.05) is 30.5 Å². The SMILES string of the molecule is CSc1nc(N)nc(SCc2ccccc2Cl)c1C#N. The number of anilines is 1. The molecule has 0 atom stereocenters. The maximum absolute atomic E-state index is 9.25. The van der Waals surface area contributed by atoms with Crippen molar-refractivity contribution < 1.29 is 0 Å². The molecule has 0 aliphatic carbocycles. The quantitative estimate of drug-likeness (QED) is 0.684. The highest BCUT2D eigenvalue weighted by molar-refractivity contribution is 7.99. The van der Waals surface area contributed by atoms with Crippen LogP contribution in [-0.2, 0) is 5.75 Å². The summed E-state index contributed by atoms with van der Waals surface area (Å²) in [6, 6.07) is 9.73. The van der Waals surface area contributed by atoms with Crippen LogP contribution in [-0.4, -0.2) is 16.2 Å². The van der Waals surface area contributed by atoms with E-state index >= 15 is 0 Å². The largest absolute Gasteiger partial charge is 0.368 e. The lowest BCUT2D eigenvalue weighted by molar-refractivity contribution is 0.961. The Hall–Kier alpha value is -1.42. The Labute approximate surface area is 130 Å². The zero-order valence-electron chi connectivity index (χ0n) is 10.6. The Kier molecular flexibility index (Phi) is 5.12. The molecule has 0 saturated carbocycles. The fraction of sp³-hybridized carbons (Fsp3) is 0.154. The van der Waals surface area contributed by atoms with Crippen molar-refractivity contribution in [3.63, 3.8) is 0 Å². The fourth-order valence-corrected chi connectivity index (χ4v) is 3.41. The maximum Gasteiger partial charge on any atom is 0.222 e. The molecule has 0 aliphatic heterocycles. The van der Waals surface area contributed by atoms with Gasteiger partial charge in [0.1, 0.15) is 21.7 Å². The first-order chi connectivity index (χ1) is 9.65. The molecule has 0 radical (unpaired) electrons. The van der Waals surface area contributed by atoms with Gasteiger partial charge in [-0.15, -0.1) is 23.5 Å². The summed E-state index contributed by atoms with van der Waals surface area (Å²) in [4.78, 5) is 8.21. The molecular formula is C13H11ClN4S2. The molecule has 1 aromatic heterocycles. The molecule has 0 fully saturated rings. The summed E-state index contributed by atoms with van der Waals surface area (Å²) < 4.78 is 0. The molecule has 1 aromatic carbocycles. The lowest BCUT2D eigenvalue weighted by atomic mass is 10.2. The molecule has 2 aromatic rings. The van der Waals surface area contributed by atoms with Crippen LogP contribution in [0.1, 0.15) is 11.1 Å². The van der Waals surface area contributed by atoms with Crippen LogP contribution in [0.4, 0.5) is 5.95 Å². The van der Waals surface area contributed by atoms with Gasteiger partial charge < -0.3 is 5.73 Å². The van der Waals surface area contributed by atoms with Gasteiger partial charge in [0.2, 0.25) is 5.95 Å². The summed E-state index contributed by atoms with van der Waals surface area (Å²) in [6.45, 7) is 0. The predicted molar refractivity (Wildman–Crippen MR) is 84.0 cm³/mol. The highest BCUT2D eigenvalue weighted by Crippen LogP contribution is 2.31. The second-order valence-electron chi connectivity index (χ2n) is 3.76. The second kappa shape index (κ2) is 6.84. The summed E-state index contributed by atoms with van der Waals surface area (Å²) in [5.41, 5.74) is 7.13. The predicted octanol–water partition coefficient (Wildman–Crippen LogP) is 3.60. The van der Waals surface area contributed by atoms with Crippen molar-refractivity contribution in [3.8, 4) is 6.07 Å². The zero-order chi connectivity index (χ0) is 14.5. The van der Waals surface area contributed by atoms with Gasteiger partial charge in [-0.3, -0.25) is 0 Å². The minimum absolute atomic E-state index is 0.176. The highest BCUT2D eigenvalue weighted by Gasteiger charge is 2.13. The Bertz CT molecular complexity index is 670. The van der Waals surface area contributed by atoms with Crippen LogP contribution in [0.25, 0.3) is 0 Å². The van der Waals surface area contributed by atoms with E-state index < -0.39 is 0 Å². The third-order valence-electron chi connectivity index (χ3n) is 2.49. The minimum atomic E-state index is 0.176. The second-order valence-corrected chi connectivity index (χ2v) is 5.93. The smallest absolute Gasteiger partial charge is 0.222 e. The summed E-state index contributed by atoms with van der Waals surface area (Å²) >= 11 is 8.93. The average molecular weight is 323 g/mol. The monoisotopic (exact) mass is 322 g/mol. The molecule has 0 spiro atoms. The third kappa shape index (κ3) is 3.37. The van der Waals surface area contributed by atoms with E-state index in [1.165, 1.54) is 23.5 Å². The summed E-state index contributed by atoms with van der Waals surface area (Å²) in [7, 11) is 0. The number of benzene rings is 1. The standard InChI is InChI=1S/C13H11ClN4S2/c1-19-11-9(6-15)12(18-13(16)17-11)20-7-8-4-2-3-5-10(8)14/h2-5H,7H2,1H3,(H2,16,17,18). The molecular weight excluding hydrogens is 312 g/mol. The molecule has 0 unspecified atom stereocenters. The van der Waals surface area contributed by atoms with Crippen LogP contribution < -0.4 is 5.73 Å². The van der Waals surface area contributed by atoms with Crippen LogP contribution in [0.15, 0.2) is 34.3 Å². The van der Waals surface area contributed by atoms with Crippen molar-refractivity contribution in [2.45, 2.75) is 15.8 Å². The van der Waals surface area contributed by atoms with Crippen molar-refractivity contribution in [2.24, 2.45) is 0 Å². The van der Waals surface area contributed by atoms with E-state index in [-0.39, 0.29) is 5.95 Å². The van der Waals surface area contributed by atoms with Crippen LogP contribution in [0, 0.1) is 11.3 Å². The normalized spacial score (nSPS) is 10.2. The number of hydrogen-bond donors (Lipinski definition) is 1. The van der Waals surface area contributed by atoms with Gasteiger partial charge in [0, 0.05) is 10.8 Å². The number of aromatic nitrogens is 2. The number of halogens is 1. The van der Waals surface area contributed by atoms with Crippen molar-refractivity contribution in [1.82, 2.24) is 9.97 Å². The van der Waals surface area contributed by atoms with Crippen molar-refractivity contribution >= 4 is 41.1 Å². The van der Waals surface area contributed by atoms with Gasteiger partial charge in [-0.25, -0.2) is 9.97 Å². The lowest BCUT2D eigenvalue weighted by Crippen LogP contribution is -2.01. The van der Waals surface area contributed by atoms with E-state index in [2.05, 4.69) is 16.0 Å². The summed E-state index contributed by atoms with van der Waals surface area (Å²) in [6.07, 6.45) is 1.85. The van der Waals surface area contributed by atoms with E-state index in [4.69, 9.17) is 17.3 Å². The molecule has 0 aliphatic rings. The molecule has 2 N–H and O–H groups in total. The maximum atomic E-state index is 9.25. The number of thioether (sulfide) groups is 2.